The second-order valence-corrected chi connectivity index (χ2v) is 8.50. The maximum atomic E-state index is 15.0. The molecule has 1 aliphatic heterocycles. The molecule has 0 fully saturated rings. The van der Waals surface area contributed by atoms with Crippen LogP contribution in [0, 0.1) is 5.82 Å². The second-order valence-electron chi connectivity index (χ2n) is 8.10. The lowest BCUT2D eigenvalue weighted by molar-refractivity contribution is -0.116. The lowest BCUT2D eigenvalue weighted by Gasteiger charge is -2.35. The van der Waals surface area contributed by atoms with E-state index in [9.17, 15) is 14.0 Å². The third-order valence-corrected chi connectivity index (χ3v) is 6.67. The number of hydrogen-bond acceptors (Lipinski definition) is 5. The fourth-order valence-electron chi connectivity index (χ4n) is 4.84. The molecule has 2 unspecified atom stereocenters. The summed E-state index contributed by atoms with van der Waals surface area (Å²) in [7, 11) is 3.12. The third kappa shape index (κ3) is 3.41. The van der Waals surface area contributed by atoms with Crippen LogP contribution in [0.15, 0.2) is 52.5 Å². The Balaban J connectivity index is 1.63. The molecule has 2 atom stereocenters. The second kappa shape index (κ2) is 8.12. The minimum atomic E-state index is -0.904. The van der Waals surface area contributed by atoms with E-state index in [1.165, 1.54) is 12.1 Å². The van der Waals surface area contributed by atoms with Gasteiger partial charge in [0.2, 0.25) is 0 Å². The van der Waals surface area contributed by atoms with Crippen LogP contribution >= 0.6 is 11.6 Å². The number of ether oxygens (including phenoxy) is 2. The molecule has 0 bridgehead atoms. The molecule has 7 nitrogen and oxygen atoms in total. The number of aromatic amines is 2. The first-order valence-corrected chi connectivity index (χ1v) is 10.8. The smallest absolute Gasteiger partial charge is 0.270 e. The lowest BCUT2D eigenvalue weighted by Crippen LogP contribution is -2.32. The molecule has 2 heterocycles. The summed E-state index contributed by atoms with van der Waals surface area (Å²) in [6, 6.07) is 9.91. The molecule has 0 saturated heterocycles. The highest BCUT2D eigenvalue weighted by molar-refractivity contribution is 6.31. The quantitative estimate of drug-likeness (QED) is 0.524. The van der Waals surface area contributed by atoms with Crippen LogP contribution in [0.5, 0.6) is 11.5 Å². The Morgan fingerprint density at radius 1 is 1.00 bits per heavy atom. The number of nitrogens with one attached hydrogen (secondary N) is 3. The van der Waals surface area contributed by atoms with Gasteiger partial charge in [-0.25, -0.2) is 4.39 Å². The first kappa shape index (κ1) is 21.3. The number of Topliss-reactive ketones (excluding diaryl/α,β-unsaturated/α-hetero) is 1. The number of allylic oxidation sites excluding steroid dienone is 2. The average Bonchev–Trinajstić information content (AvgIpc) is 3.18. The molecule has 3 aromatic rings. The normalized spacial score (nSPS) is 19.6. The Kier molecular flexibility index (Phi) is 5.25. The van der Waals surface area contributed by atoms with Gasteiger partial charge in [0.05, 0.1) is 25.7 Å². The Hall–Kier alpha value is -3.52. The van der Waals surface area contributed by atoms with E-state index < -0.39 is 17.3 Å². The number of fused-ring (bicyclic) bond motifs is 1. The lowest BCUT2D eigenvalue weighted by atomic mass is 9.72. The first-order valence-electron chi connectivity index (χ1n) is 10.4. The van der Waals surface area contributed by atoms with Crippen molar-refractivity contribution in [1.29, 1.82) is 0 Å². The largest absolute Gasteiger partial charge is 0.493 e. The summed E-state index contributed by atoms with van der Waals surface area (Å²) in [6.07, 6.45) is 0.696. The summed E-state index contributed by atoms with van der Waals surface area (Å²) >= 11 is 6.37. The molecule has 3 N–H and O–H groups in total. The predicted molar refractivity (Wildman–Crippen MR) is 122 cm³/mol. The third-order valence-electron chi connectivity index (χ3n) is 6.34. The zero-order chi connectivity index (χ0) is 23.3. The van der Waals surface area contributed by atoms with Gasteiger partial charge in [0.1, 0.15) is 11.6 Å². The van der Waals surface area contributed by atoms with Gasteiger partial charge in [0.25, 0.3) is 5.56 Å². The maximum Gasteiger partial charge on any atom is 0.270 e. The highest BCUT2D eigenvalue weighted by Gasteiger charge is 2.42. The van der Waals surface area contributed by atoms with E-state index >= 15 is 0 Å². The van der Waals surface area contributed by atoms with Crippen LogP contribution in [0.3, 0.4) is 0 Å². The fraction of sp³-hybridized carbons (Fsp3) is 0.250. The molecule has 33 heavy (non-hydrogen) atoms. The number of benzene rings is 2. The first-order chi connectivity index (χ1) is 15.9. The van der Waals surface area contributed by atoms with Crippen LogP contribution in [0.2, 0.25) is 5.02 Å². The number of halogens is 2. The Labute approximate surface area is 193 Å². The van der Waals surface area contributed by atoms with Gasteiger partial charge in [-0.3, -0.25) is 19.8 Å². The number of ketones is 1. The molecule has 0 amide bonds. The number of rotatable bonds is 4. The molecular weight excluding hydrogens is 449 g/mol. The molecule has 0 radical (unpaired) electrons. The minimum Gasteiger partial charge on any atom is -0.493 e. The summed E-state index contributed by atoms with van der Waals surface area (Å²) in [6.45, 7) is 0. The topological polar surface area (TPSA) is 96.2 Å². The molecule has 1 aromatic heterocycles. The van der Waals surface area contributed by atoms with Crippen LogP contribution in [0.4, 0.5) is 10.2 Å². The van der Waals surface area contributed by atoms with E-state index in [0.29, 0.717) is 35.0 Å². The molecule has 2 aromatic carbocycles. The van der Waals surface area contributed by atoms with Crippen molar-refractivity contribution >= 4 is 23.2 Å². The number of H-pyrrole nitrogens is 2. The van der Waals surface area contributed by atoms with E-state index in [-0.39, 0.29) is 34.3 Å². The summed E-state index contributed by atoms with van der Waals surface area (Å²) in [5.74, 6) is -0.188. The number of carbonyl (C=O) groups is 1. The number of carbonyl (C=O) groups excluding carboxylic acids is 1. The van der Waals surface area contributed by atoms with Gasteiger partial charge in [0, 0.05) is 28.3 Å². The Bertz CT molecular complexity index is 1340. The van der Waals surface area contributed by atoms with Gasteiger partial charge in [-0.1, -0.05) is 23.7 Å². The van der Waals surface area contributed by atoms with Crippen LogP contribution < -0.4 is 20.3 Å². The number of methoxy groups -OCH3 is 2. The highest BCUT2D eigenvalue weighted by Crippen LogP contribution is 2.48. The monoisotopic (exact) mass is 469 g/mol. The number of anilines is 1. The van der Waals surface area contributed by atoms with E-state index in [1.807, 2.05) is 12.1 Å². The Morgan fingerprint density at radius 2 is 1.79 bits per heavy atom. The number of aromatic nitrogens is 2. The van der Waals surface area contributed by atoms with Crippen molar-refractivity contribution in [3.05, 3.63) is 85.6 Å². The molecule has 5 rings (SSSR count). The molecule has 1 aliphatic carbocycles. The van der Waals surface area contributed by atoms with Gasteiger partial charge in [-0.05, 0) is 42.2 Å². The van der Waals surface area contributed by atoms with E-state index in [2.05, 4.69) is 15.5 Å². The van der Waals surface area contributed by atoms with Crippen molar-refractivity contribution in [3.63, 3.8) is 0 Å². The van der Waals surface area contributed by atoms with Gasteiger partial charge >= 0.3 is 0 Å². The van der Waals surface area contributed by atoms with E-state index in [0.717, 1.165) is 5.56 Å². The molecule has 9 heteroatoms. The molecule has 2 aliphatic rings. The van der Waals surface area contributed by atoms with Crippen LogP contribution in [-0.2, 0) is 4.79 Å². The summed E-state index contributed by atoms with van der Waals surface area (Å²) in [4.78, 5) is 26.1. The van der Waals surface area contributed by atoms with Gasteiger partial charge < -0.3 is 14.8 Å². The van der Waals surface area contributed by atoms with Crippen LogP contribution in [0.1, 0.15) is 41.4 Å². The van der Waals surface area contributed by atoms with Crippen molar-refractivity contribution in [2.75, 3.05) is 19.5 Å². The van der Waals surface area contributed by atoms with Gasteiger partial charge in [0.15, 0.2) is 17.3 Å². The molecular formula is C24H21ClFN3O4. The van der Waals surface area contributed by atoms with Gasteiger partial charge in [-0.15, -0.1) is 0 Å². The zero-order valence-corrected chi connectivity index (χ0v) is 18.7. The number of hydrogen-bond donors (Lipinski definition) is 3. The average molecular weight is 470 g/mol. The molecule has 170 valence electrons. The van der Waals surface area contributed by atoms with E-state index in [1.54, 1.807) is 26.4 Å². The standard InChI is InChI=1S/C24H21ClFN3O4/c1-32-17-7-6-11(10-18(17)33-2)12-8-15-20(16(30)9-12)21(19-13(25)4-3-5-14(19)26)22-23(27-15)28-29-24(22)31/h3-7,10,12,21H,8-9H2,1-2H3,(H3,27,28,29,31). The van der Waals surface area contributed by atoms with Gasteiger partial charge in [-0.2, -0.15) is 0 Å². The Morgan fingerprint density at radius 3 is 2.52 bits per heavy atom. The van der Waals surface area contributed by atoms with Crippen molar-refractivity contribution in [1.82, 2.24) is 10.2 Å². The molecule has 0 saturated carbocycles. The van der Waals surface area contributed by atoms with Crippen molar-refractivity contribution < 1.29 is 18.7 Å². The van der Waals surface area contributed by atoms with Crippen molar-refractivity contribution in [2.24, 2.45) is 0 Å². The van der Waals surface area contributed by atoms with Crippen molar-refractivity contribution in [3.8, 4) is 11.5 Å². The maximum absolute atomic E-state index is 15.0. The predicted octanol–water partition coefficient (Wildman–Crippen LogP) is 4.47. The minimum absolute atomic E-state index is 0.123. The summed E-state index contributed by atoms with van der Waals surface area (Å²) < 4.78 is 25.7. The van der Waals surface area contributed by atoms with E-state index in [4.69, 9.17) is 21.1 Å². The highest BCUT2D eigenvalue weighted by atomic mass is 35.5. The zero-order valence-electron chi connectivity index (χ0n) is 17.9. The SMILES string of the molecule is COc1ccc(C2CC(=O)C3=C(C2)Nc2[nH][nH]c(=O)c2C3c2c(F)cccc2Cl)cc1OC. The summed E-state index contributed by atoms with van der Waals surface area (Å²) in [5.41, 5.74) is 1.87. The van der Waals surface area contributed by atoms with Crippen molar-refractivity contribution in [2.45, 2.75) is 24.7 Å². The fourth-order valence-corrected chi connectivity index (χ4v) is 5.11. The van der Waals surface area contributed by atoms with Crippen LogP contribution in [0.25, 0.3) is 0 Å². The molecule has 0 spiro atoms. The summed E-state index contributed by atoms with van der Waals surface area (Å²) in [5, 5.41) is 8.69. The van der Waals surface area contributed by atoms with Crippen LogP contribution in [-0.4, -0.2) is 30.2 Å².